The summed E-state index contributed by atoms with van der Waals surface area (Å²) < 4.78 is 57.8. The van der Waals surface area contributed by atoms with E-state index >= 15 is 0 Å². The predicted molar refractivity (Wildman–Crippen MR) is 115 cm³/mol. The van der Waals surface area contributed by atoms with E-state index < -0.39 is 47.7 Å². The van der Waals surface area contributed by atoms with E-state index in [2.05, 4.69) is 15.6 Å². The second-order valence-corrected chi connectivity index (χ2v) is 7.60. The van der Waals surface area contributed by atoms with Crippen LogP contribution < -0.4 is 10.6 Å². The number of carbonyl (C=O) groups excluding carboxylic acids is 3. The van der Waals surface area contributed by atoms with Crippen molar-refractivity contribution in [1.29, 1.82) is 0 Å². The van der Waals surface area contributed by atoms with Crippen molar-refractivity contribution in [2.75, 3.05) is 23.0 Å². The molecule has 0 aliphatic heterocycles. The lowest BCUT2D eigenvalue weighted by molar-refractivity contribution is -0.119. The first-order valence-corrected chi connectivity index (χ1v) is 10.4. The van der Waals surface area contributed by atoms with Gasteiger partial charge < -0.3 is 15.4 Å². The van der Waals surface area contributed by atoms with Gasteiger partial charge in [0.15, 0.2) is 6.61 Å². The number of carbonyl (C=O) groups is 3. The molecule has 7 nitrogen and oxygen atoms in total. The fourth-order valence-electron chi connectivity index (χ4n) is 2.65. The highest BCUT2D eigenvalue weighted by Gasteiger charge is 2.17. The zero-order chi connectivity index (χ0) is 24.7. The Balaban J connectivity index is 1.55. The molecular weight excluding hydrogens is 478 g/mol. The number of rotatable bonds is 8. The highest BCUT2D eigenvalue weighted by Crippen LogP contribution is 2.22. The number of esters is 1. The maximum absolute atomic E-state index is 13.2. The molecular formula is C22H15F4N3O4S. The number of thioether (sulfide) groups is 1. The Morgan fingerprint density at radius 1 is 0.824 bits per heavy atom. The first kappa shape index (κ1) is 24.7. The maximum atomic E-state index is 13.2. The monoisotopic (exact) mass is 493 g/mol. The number of ether oxygens (including phenoxy) is 1. The van der Waals surface area contributed by atoms with Gasteiger partial charge in [0.25, 0.3) is 5.91 Å². The van der Waals surface area contributed by atoms with E-state index in [9.17, 15) is 31.9 Å². The number of pyridine rings is 1. The molecule has 0 unspecified atom stereocenters. The van der Waals surface area contributed by atoms with E-state index in [1.165, 1.54) is 18.3 Å². The molecule has 0 fully saturated rings. The number of amides is 2. The molecule has 2 aromatic carbocycles. The summed E-state index contributed by atoms with van der Waals surface area (Å²) in [6.45, 7) is -0.748. The van der Waals surface area contributed by atoms with Gasteiger partial charge in [-0.3, -0.25) is 9.59 Å². The van der Waals surface area contributed by atoms with Crippen molar-refractivity contribution in [2.45, 2.75) is 5.03 Å². The zero-order valence-electron chi connectivity index (χ0n) is 17.1. The molecule has 2 amide bonds. The average Bonchev–Trinajstić information content (AvgIpc) is 2.75. The lowest BCUT2D eigenvalue weighted by atomic mass is 10.3. The van der Waals surface area contributed by atoms with Crippen LogP contribution in [-0.4, -0.2) is 35.1 Å². The number of benzene rings is 2. The van der Waals surface area contributed by atoms with Gasteiger partial charge in [-0.25, -0.2) is 27.3 Å². The Hall–Kier alpha value is -3.93. The van der Waals surface area contributed by atoms with E-state index in [4.69, 9.17) is 4.74 Å². The van der Waals surface area contributed by atoms with Crippen LogP contribution in [0.5, 0.6) is 0 Å². The summed E-state index contributed by atoms with van der Waals surface area (Å²) in [6.07, 6.45) is 1.37. The summed E-state index contributed by atoms with van der Waals surface area (Å²) in [7, 11) is 0. The second kappa shape index (κ2) is 11.3. The van der Waals surface area contributed by atoms with Crippen LogP contribution in [0.15, 0.2) is 59.8 Å². The Kier molecular flexibility index (Phi) is 8.19. The van der Waals surface area contributed by atoms with Gasteiger partial charge >= 0.3 is 5.97 Å². The maximum Gasteiger partial charge on any atom is 0.341 e. The molecule has 0 radical (unpaired) electrons. The highest BCUT2D eigenvalue weighted by atomic mass is 32.2. The average molecular weight is 493 g/mol. The quantitative estimate of drug-likeness (QED) is 0.278. The van der Waals surface area contributed by atoms with Crippen LogP contribution in [0.2, 0.25) is 0 Å². The van der Waals surface area contributed by atoms with Gasteiger partial charge in [-0.2, -0.15) is 0 Å². The third-order valence-electron chi connectivity index (χ3n) is 3.96. The minimum absolute atomic E-state index is 0.0401. The summed E-state index contributed by atoms with van der Waals surface area (Å²) in [4.78, 5) is 40.4. The molecule has 1 aromatic heterocycles. The number of nitrogens with zero attached hydrogens (tertiary/aromatic N) is 1. The molecule has 1 heterocycles. The zero-order valence-corrected chi connectivity index (χ0v) is 17.9. The van der Waals surface area contributed by atoms with E-state index in [0.29, 0.717) is 12.1 Å². The molecule has 0 aliphatic rings. The Morgan fingerprint density at radius 3 is 1.91 bits per heavy atom. The largest absolute Gasteiger partial charge is 0.452 e. The van der Waals surface area contributed by atoms with Crippen molar-refractivity contribution in [1.82, 2.24) is 4.98 Å². The van der Waals surface area contributed by atoms with Crippen molar-refractivity contribution in [3.8, 4) is 0 Å². The van der Waals surface area contributed by atoms with Crippen LogP contribution in [0.1, 0.15) is 10.4 Å². The summed E-state index contributed by atoms with van der Waals surface area (Å²) in [5.41, 5.74) is -0.269. The normalized spacial score (nSPS) is 10.5. The molecule has 0 saturated heterocycles. The van der Waals surface area contributed by atoms with Gasteiger partial charge in [-0.05, 0) is 36.4 Å². The van der Waals surface area contributed by atoms with Crippen molar-refractivity contribution in [2.24, 2.45) is 0 Å². The van der Waals surface area contributed by atoms with E-state index in [1.807, 2.05) is 0 Å². The predicted octanol–water partition coefficient (Wildman–Crippen LogP) is 4.16. The topological polar surface area (TPSA) is 97.4 Å². The number of hydrogen-bond donors (Lipinski definition) is 2. The first-order valence-electron chi connectivity index (χ1n) is 9.46. The molecule has 0 bridgehead atoms. The van der Waals surface area contributed by atoms with Crippen molar-refractivity contribution >= 4 is 40.9 Å². The van der Waals surface area contributed by atoms with Crippen LogP contribution in [-0.2, 0) is 14.3 Å². The minimum atomic E-state index is -0.927. The molecule has 0 spiro atoms. The van der Waals surface area contributed by atoms with Crippen LogP contribution in [0.25, 0.3) is 0 Å². The molecule has 0 atom stereocenters. The number of nitrogens with one attached hydrogen (secondary N) is 2. The second-order valence-electron chi connectivity index (χ2n) is 6.63. The van der Waals surface area contributed by atoms with Crippen LogP contribution in [0.4, 0.5) is 28.9 Å². The molecule has 3 aromatic rings. The third-order valence-corrected chi connectivity index (χ3v) is 4.96. The van der Waals surface area contributed by atoms with Gasteiger partial charge in [-0.15, -0.1) is 0 Å². The van der Waals surface area contributed by atoms with Gasteiger partial charge in [0.2, 0.25) is 5.91 Å². The van der Waals surface area contributed by atoms with Gasteiger partial charge in [0.1, 0.15) is 28.3 Å². The minimum Gasteiger partial charge on any atom is -0.452 e. The number of aromatic nitrogens is 1. The summed E-state index contributed by atoms with van der Waals surface area (Å²) in [6, 6.07) is 7.75. The summed E-state index contributed by atoms with van der Waals surface area (Å²) in [5.74, 6) is -6.12. The Labute approximate surface area is 194 Å². The van der Waals surface area contributed by atoms with Gasteiger partial charge in [0, 0.05) is 29.7 Å². The van der Waals surface area contributed by atoms with E-state index in [-0.39, 0.29) is 27.7 Å². The van der Waals surface area contributed by atoms with Crippen LogP contribution in [0, 0.1) is 23.3 Å². The fourth-order valence-corrected chi connectivity index (χ4v) is 3.43. The molecule has 3 rings (SSSR count). The Bertz CT molecular complexity index is 1200. The molecule has 12 heteroatoms. The lowest BCUT2D eigenvalue weighted by Crippen LogP contribution is -2.21. The fraction of sp³-hybridized carbons (Fsp3) is 0.0909. The number of anilines is 2. The van der Waals surface area contributed by atoms with Crippen LogP contribution in [0.3, 0.4) is 0 Å². The summed E-state index contributed by atoms with van der Waals surface area (Å²) in [5, 5.41) is 4.63. The molecule has 2 N–H and O–H groups in total. The molecule has 0 saturated carbocycles. The van der Waals surface area contributed by atoms with E-state index in [1.54, 1.807) is 0 Å². The molecule has 176 valence electrons. The van der Waals surface area contributed by atoms with Crippen molar-refractivity contribution in [3.05, 3.63) is 83.6 Å². The number of hydrogen-bond acceptors (Lipinski definition) is 6. The highest BCUT2D eigenvalue weighted by molar-refractivity contribution is 8.00. The standard InChI is InChI=1S/C22H15F4N3O4S/c23-12-4-13(24)7-16(6-12)28-19(30)10-33-22(32)18-2-1-3-27-21(18)34-11-20(31)29-17-8-14(25)5-15(26)9-17/h1-9H,10-11H2,(H,28,30)(H,29,31). The number of halogens is 4. The lowest BCUT2D eigenvalue weighted by Gasteiger charge is -2.10. The van der Waals surface area contributed by atoms with Gasteiger partial charge in [-0.1, -0.05) is 11.8 Å². The SMILES string of the molecule is O=C(COC(=O)c1cccnc1SCC(=O)Nc1cc(F)cc(F)c1)Nc1cc(F)cc(F)c1. The van der Waals surface area contributed by atoms with Crippen LogP contribution >= 0.6 is 11.8 Å². The van der Waals surface area contributed by atoms with Crippen molar-refractivity contribution in [3.63, 3.8) is 0 Å². The van der Waals surface area contributed by atoms with Crippen molar-refractivity contribution < 1.29 is 36.7 Å². The smallest absolute Gasteiger partial charge is 0.341 e. The summed E-state index contributed by atoms with van der Waals surface area (Å²) >= 11 is 0.856. The first-order chi connectivity index (χ1) is 16.2. The van der Waals surface area contributed by atoms with Gasteiger partial charge in [0.05, 0.1) is 11.3 Å². The molecule has 34 heavy (non-hydrogen) atoms. The third kappa shape index (κ3) is 7.30. The Morgan fingerprint density at radius 2 is 1.35 bits per heavy atom. The van der Waals surface area contributed by atoms with E-state index in [0.717, 1.165) is 36.0 Å². The molecule has 0 aliphatic carbocycles.